The maximum atomic E-state index is 12.8. The molecule has 0 aliphatic carbocycles. The third kappa shape index (κ3) is 7.05. The molecule has 1 aliphatic heterocycles. The van der Waals surface area contributed by atoms with E-state index in [1.54, 1.807) is 55.5 Å². The Labute approximate surface area is 194 Å². The van der Waals surface area contributed by atoms with Gasteiger partial charge in [-0.1, -0.05) is 12.1 Å². The van der Waals surface area contributed by atoms with Crippen LogP contribution in [-0.2, 0) is 14.3 Å². The van der Waals surface area contributed by atoms with E-state index in [-0.39, 0.29) is 30.2 Å². The topological polar surface area (TPSA) is 97.0 Å². The lowest BCUT2D eigenvalue weighted by Gasteiger charge is -2.30. The molecule has 1 aliphatic rings. The summed E-state index contributed by atoms with van der Waals surface area (Å²) in [6.45, 7) is 6.16. The molecule has 0 unspecified atom stereocenters. The van der Waals surface area contributed by atoms with Crippen LogP contribution in [0.5, 0.6) is 5.75 Å². The molecule has 0 atom stereocenters. The zero-order valence-electron chi connectivity index (χ0n) is 19.1. The molecular formula is C25H31N3O5. The molecule has 2 amide bonds. The number of esters is 1. The lowest BCUT2D eigenvalue weighted by atomic mass is 9.97. The van der Waals surface area contributed by atoms with Crippen LogP contribution >= 0.6 is 0 Å². The molecule has 0 bridgehead atoms. The second-order valence-corrected chi connectivity index (χ2v) is 7.81. The summed E-state index contributed by atoms with van der Waals surface area (Å²) < 4.78 is 10.5. The molecule has 8 nitrogen and oxygen atoms in total. The van der Waals surface area contributed by atoms with Crippen LogP contribution in [0.15, 0.2) is 48.5 Å². The van der Waals surface area contributed by atoms with Crippen molar-refractivity contribution in [2.24, 2.45) is 5.92 Å². The molecule has 0 saturated carbocycles. The van der Waals surface area contributed by atoms with Gasteiger partial charge in [0.05, 0.1) is 36.9 Å². The number of carbonyl (C=O) groups is 3. The molecule has 2 aromatic rings. The van der Waals surface area contributed by atoms with Crippen molar-refractivity contribution < 1.29 is 23.9 Å². The average molecular weight is 454 g/mol. The maximum Gasteiger partial charge on any atom is 0.309 e. The van der Waals surface area contributed by atoms with E-state index in [0.29, 0.717) is 56.1 Å². The fourth-order valence-electron chi connectivity index (χ4n) is 3.77. The number of hydrogen-bond acceptors (Lipinski definition) is 6. The number of carbonyl (C=O) groups excluding carboxylic acids is 3. The van der Waals surface area contributed by atoms with E-state index in [4.69, 9.17) is 9.47 Å². The molecule has 0 aromatic heterocycles. The van der Waals surface area contributed by atoms with Gasteiger partial charge < -0.3 is 20.1 Å². The fraction of sp³-hybridized carbons (Fsp3) is 0.400. The van der Waals surface area contributed by atoms with Crippen LogP contribution in [-0.4, -0.2) is 55.5 Å². The van der Waals surface area contributed by atoms with Gasteiger partial charge in [0.2, 0.25) is 5.91 Å². The number of rotatable bonds is 9. The monoisotopic (exact) mass is 453 g/mol. The predicted octanol–water partition coefficient (Wildman–Crippen LogP) is 3.55. The summed E-state index contributed by atoms with van der Waals surface area (Å²) in [6, 6.07) is 14.0. The van der Waals surface area contributed by atoms with Gasteiger partial charge in [0.25, 0.3) is 5.91 Å². The molecule has 176 valence electrons. The molecule has 1 heterocycles. The van der Waals surface area contributed by atoms with E-state index in [1.807, 2.05) is 11.8 Å². The van der Waals surface area contributed by atoms with Gasteiger partial charge in [-0.2, -0.15) is 0 Å². The van der Waals surface area contributed by atoms with Crippen LogP contribution in [0, 0.1) is 5.92 Å². The van der Waals surface area contributed by atoms with Crippen molar-refractivity contribution >= 4 is 29.2 Å². The van der Waals surface area contributed by atoms with Gasteiger partial charge in [-0.15, -0.1) is 0 Å². The average Bonchev–Trinajstić information content (AvgIpc) is 2.81. The minimum atomic E-state index is -0.315. The first kappa shape index (κ1) is 24.3. The first-order chi connectivity index (χ1) is 16.0. The Balaban J connectivity index is 1.55. The number of anilines is 2. The lowest BCUT2D eigenvalue weighted by molar-refractivity contribution is -0.149. The van der Waals surface area contributed by atoms with Gasteiger partial charge in [0.1, 0.15) is 5.75 Å². The standard InChI is InChI=1S/C25H31N3O5/c1-3-32-20-11-9-19(10-12-20)26-24(30)21-7-5-6-8-22(21)27-23(29)17-28-15-13-18(14-16-28)25(31)33-4-2/h5-12,18H,3-4,13-17H2,1-2H3,(H,26,30)(H,27,29). The van der Waals surface area contributed by atoms with Crippen molar-refractivity contribution in [3.63, 3.8) is 0 Å². The van der Waals surface area contributed by atoms with Gasteiger partial charge in [-0.3, -0.25) is 19.3 Å². The smallest absolute Gasteiger partial charge is 0.309 e. The first-order valence-electron chi connectivity index (χ1n) is 11.3. The number of nitrogens with zero attached hydrogens (tertiary/aromatic N) is 1. The van der Waals surface area contributed by atoms with Crippen molar-refractivity contribution in [1.29, 1.82) is 0 Å². The molecule has 1 fully saturated rings. The quantitative estimate of drug-likeness (QED) is 0.564. The summed E-state index contributed by atoms with van der Waals surface area (Å²) in [6.07, 6.45) is 1.35. The zero-order chi connectivity index (χ0) is 23.6. The predicted molar refractivity (Wildman–Crippen MR) is 126 cm³/mol. The Morgan fingerprint density at radius 2 is 1.64 bits per heavy atom. The lowest BCUT2D eigenvalue weighted by Crippen LogP contribution is -2.41. The Morgan fingerprint density at radius 3 is 2.30 bits per heavy atom. The highest BCUT2D eigenvalue weighted by molar-refractivity contribution is 6.10. The van der Waals surface area contributed by atoms with Crippen LogP contribution in [0.4, 0.5) is 11.4 Å². The van der Waals surface area contributed by atoms with Crippen LogP contribution in [0.25, 0.3) is 0 Å². The Morgan fingerprint density at radius 1 is 0.939 bits per heavy atom. The fourth-order valence-corrected chi connectivity index (χ4v) is 3.77. The van der Waals surface area contributed by atoms with Crippen molar-refractivity contribution in [2.45, 2.75) is 26.7 Å². The summed E-state index contributed by atoms with van der Waals surface area (Å²) in [4.78, 5) is 39.4. The first-order valence-corrected chi connectivity index (χ1v) is 11.3. The summed E-state index contributed by atoms with van der Waals surface area (Å²) in [5, 5.41) is 5.70. The normalized spacial score (nSPS) is 14.4. The van der Waals surface area contributed by atoms with E-state index in [0.717, 1.165) is 5.75 Å². The van der Waals surface area contributed by atoms with E-state index < -0.39 is 0 Å². The Kier molecular flexibility index (Phi) is 8.83. The number of amides is 2. The number of ether oxygens (including phenoxy) is 2. The van der Waals surface area contributed by atoms with E-state index in [9.17, 15) is 14.4 Å². The molecule has 2 aromatic carbocycles. The SMILES string of the molecule is CCOC(=O)C1CCN(CC(=O)Nc2ccccc2C(=O)Nc2ccc(OCC)cc2)CC1. The van der Waals surface area contributed by atoms with Gasteiger partial charge >= 0.3 is 5.97 Å². The highest BCUT2D eigenvalue weighted by Crippen LogP contribution is 2.21. The van der Waals surface area contributed by atoms with Crippen LogP contribution in [0.2, 0.25) is 0 Å². The minimum Gasteiger partial charge on any atom is -0.494 e. The van der Waals surface area contributed by atoms with Gasteiger partial charge in [-0.05, 0) is 76.2 Å². The van der Waals surface area contributed by atoms with E-state index in [2.05, 4.69) is 10.6 Å². The van der Waals surface area contributed by atoms with Crippen LogP contribution in [0.3, 0.4) is 0 Å². The minimum absolute atomic E-state index is 0.101. The molecule has 0 radical (unpaired) electrons. The number of likely N-dealkylation sites (tertiary alicyclic amines) is 1. The van der Waals surface area contributed by atoms with Gasteiger partial charge in [-0.25, -0.2) is 0 Å². The third-order valence-corrected chi connectivity index (χ3v) is 5.44. The third-order valence-electron chi connectivity index (χ3n) is 5.44. The number of hydrogen-bond donors (Lipinski definition) is 2. The summed E-state index contributed by atoms with van der Waals surface area (Å²) in [5.41, 5.74) is 1.46. The molecule has 3 rings (SSSR count). The number of benzene rings is 2. The van der Waals surface area contributed by atoms with Crippen molar-refractivity contribution in [3.8, 4) is 5.75 Å². The van der Waals surface area contributed by atoms with Gasteiger partial charge in [0, 0.05) is 5.69 Å². The second-order valence-electron chi connectivity index (χ2n) is 7.81. The second kappa shape index (κ2) is 12.0. The Bertz CT molecular complexity index is 953. The number of para-hydroxylation sites is 1. The van der Waals surface area contributed by atoms with E-state index >= 15 is 0 Å². The highest BCUT2D eigenvalue weighted by Gasteiger charge is 2.27. The summed E-state index contributed by atoms with van der Waals surface area (Å²) >= 11 is 0. The Hall–Kier alpha value is -3.39. The van der Waals surface area contributed by atoms with Crippen LogP contribution in [0.1, 0.15) is 37.0 Å². The molecule has 1 saturated heterocycles. The zero-order valence-corrected chi connectivity index (χ0v) is 19.1. The van der Waals surface area contributed by atoms with E-state index in [1.165, 1.54) is 0 Å². The van der Waals surface area contributed by atoms with Crippen molar-refractivity contribution in [2.75, 3.05) is 43.5 Å². The summed E-state index contributed by atoms with van der Waals surface area (Å²) in [5.74, 6) is -0.0454. The summed E-state index contributed by atoms with van der Waals surface area (Å²) in [7, 11) is 0. The molecule has 8 heteroatoms. The molecular weight excluding hydrogens is 422 g/mol. The molecule has 0 spiro atoms. The van der Waals surface area contributed by atoms with Crippen molar-refractivity contribution in [1.82, 2.24) is 4.90 Å². The highest BCUT2D eigenvalue weighted by atomic mass is 16.5. The van der Waals surface area contributed by atoms with Crippen LogP contribution < -0.4 is 15.4 Å². The molecule has 33 heavy (non-hydrogen) atoms. The van der Waals surface area contributed by atoms with Crippen molar-refractivity contribution in [3.05, 3.63) is 54.1 Å². The molecule has 2 N–H and O–H groups in total. The van der Waals surface area contributed by atoms with Gasteiger partial charge in [0.15, 0.2) is 0 Å². The largest absolute Gasteiger partial charge is 0.494 e. The number of nitrogens with one attached hydrogen (secondary N) is 2. The maximum absolute atomic E-state index is 12.8. The number of piperidine rings is 1.